The van der Waals surface area contributed by atoms with Gasteiger partial charge in [0, 0.05) is 18.5 Å². The zero-order valence-electron chi connectivity index (χ0n) is 12.0. The Morgan fingerprint density at radius 3 is 2.95 bits per heavy atom. The van der Waals surface area contributed by atoms with Crippen LogP contribution >= 0.6 is 11.8 Å². The Bertz CT molecular complexity index is 583. The number of nitrogens with zero attached hydrogens (tertiary/aromatic N) is 3. The number of nitrogens with one attached hydrogen (secondary N) is 2. The van der Waals surface area contributed by atoms with E-state index in [1.54, 1.807) is 24.7 Å². The van der Waals surface area contributed by atoms with Crippen LogP contribution < -0.4 is 10.6 Å². The van der Waals surface area contributed by atoms with Gasteiger partial charge in [0.05, 0.1) is 18.2 Å². The second kappa shape index (κ2) is 6.61. The van der Waals surface area contributed by atoms with Gasteiger partial charge in [0.1, 0.15) is 6.33 Å². The van der Waals surface area contributed by atoms with Gasteiger partial charge >= 0.3 is 12.0 Å². The first-order valence-electron chi connectivity index (χ1n) is 6.47. The molecule has 0 radical (unpaired) electrons. The number of rotatable bonds is 5. The van der Waals surface area contributed by atoms with Crippen LogP contribution in [0.1, 0.15) is 13.8 Å². The van der Waals surface area contributed by atoms with E-state index in [1.807, 2.05) is 7.05 Å². The first-order valence-corrected chi connectivity index (χ1v) is 7.46. The first kappa shape index (κ1) is 15.4. The van der Waals surface area contributed by atoms with Gasteiger partial charge in [-0.2, -0.15) is 0 Å². The van der Waals surface area contributed by atoms with Gasteiger partial charge in [0.2, 0.25) is 0 Å². The second-order valence-corrected chi connectivity index (χ2v) is 5.39. The van der Waals surface area contributed by atoms with E-state index < -0.39 is 12.0 Å². The highest BCUT2D eigenvalue weighted by Gasteiger charge is 2.29. The van der Waals surface area contributed by atoms with Gasteiger partial charge < -0.3 is 19.9 Å². The number of thioether (sulfide) groups is 1. The van der Waals surface area contributed by atoms with Crippen LogP contribution in [0.4, 0.5) is 4.79 Å². The van der Waals surface area contributed by atoms with Gasteiger partial charge in [-0.25, -0.2) is 9.59 Å². The second-order valence-electron chi connectivity index (χ2n) is 4.45. The molecule has 1 aliphatic rings. The fourth-order valence-electron chi connectivity index (χ4n) is 1.93. The molecule has 0 fully saturated rings. The van der Waals surface area contributed by atoms with Crippen LogP contribution in [0, 0.1) is 0 Å². The average Bonchev–Trinajstić information content (AvgIpc) is 2.81. The van der Waals surface area contributed by atoms with Crippen LogP contribution in [-0.2, 0) is 16.6 Å². The molecule has 2 heterocycles. The molecule has 0 spiro atoms. The van der Waals surface area contributed by atoms with Crippen molar-refractivity contribution in [2.24, 2.45) is 7.05 Å². The smallest absolute Gasteiger partial charge is 0.337 e. The molecule has 0 bridgehead atoms. The van der Waals surface area contributed by atoms with Crippen molar-refractivity contribution in [1.82, 2.24) is 25.4 Å². The molecule has 2 rings (SSSR count). The highest BCUT2D eigenvalue weighted by molar-refractivity contribution is 7.99. The summed E-state index contributed by atoms with van der Waals surface area (Å²) in [5, 5.41) is 13.8. The van der Waals surface area contributed by atoms with E-state index in [-0.39, 0.29) is 12.6 Å². The van der Waals surface area contributed by atoms with E-state index in [2.05, 4.69) is 20.8 Å². The molecule has 21 heavy (non-hydrogen) atoms. The number of carbonyl (C=O) groups is 2. The topological polar surface area (TPSA) is 98.1 Å². The monoisotopic (exact) mass is 311 g/mol. The van der Waals surface area contributed by atoms with E-state index in [0.717, 1.165) is 0 Å². The molecular weight excluding hydrogens is 294 g/mol. The average molecular weight is 311 g/mol. The number of aromatic nitrogens is 3. The highest BCUT2D eigenvalue weighted by Crippen LogP contribution is 2.21. The number of urea groups is 1. The predicted octanol–water partition coefficient (Wildman–Crippen LogP) is 0.426. The Hall–Kier alpha value is -2.03. The molecule has 0 saturated carbocycles. The Morgan fingerprint density at radius 2 is 2.33 bits per heavy atom. The van der Waals surface area contributed by atoms with Crippen LogP contribution in [0.25, 0.3) is 0 Å². The van der Waals surface area contributed by atoms with Crippen LogP contribution in [0.3, 0.4) is 0 Å². The molecule has 1 atom stereocenters. The summed E-state index contributed by atoms with van der Waals surface area (Å²) in [7, 11) is 1.83. The number of hydrogen-bond acceptors (Lipinski definition) is 6. The summed E-state index contributed by atoms with van der Waals surface area (Å²) in [6.07, 6.45) is 1.59. The normalized spacial score (nSPS) is 18.2. The fraction of sp³-hybridized carbons (Fsp3) is 0.500. The van der Waals surface area contributed by atoms with Gasteiger partial charge in [-0.05, 0) is 13.8 Å². The molecule has 0 saturated heterocycles. The van der Waals surface area contributed by atoms with Crippen molar-refractivity contribution < 1.29 is 14.3 Å². The van der Waals surface area contributed by atoms with Crippen LogP contribution in [-0.4, -0.2) is 45.2 Å². The van der Waals surface area contributed by atoms with Gasteiger partial charge in [0.15, 0.2) is 5.16 Å². The first-order chi connectivity index (χ1) is 10.0. The lowest BCUT2D eigenvalue weighted by atomic mass is 10.1. The molecule has 1 unspecified atom stereocenters. The summed E-state index contributed by atoms with van der Waals surface area (Å²) in [5.41, 5.74) is 0.976. The molecule has 0 aromatic carbocycles. The summed E-state index contributed by atoms with van der Waals surface area (Å²) in [6.45, 7) is 3.77. The van der Waals surface area contributed by atoms with E-state index >= 15 is 0 Å². The van der Waals surface area contributed by atoms with Gasteiger partial charge in [-0.3, -0.25) is 0 Å². The van der Waals surface area contributed by atoms with Crippen molar-refractivity contribution in [3.63, 3.8) is 0 Å². The lowest BCUT2D eigenvalue weighted by molar-refractivity contribution is -0.138. The Morgan fingerprint density at radius 1 is 1.57 bits per heavy atom. The minimum Gasteiger partial charge on any atom is -0.463 e. The zero-order valence-corrected chi connectivity index (χ0v) is 12.9. The van der Waals surface area contributed by atoms with E-state index in [4.69, 9.17) is 4.74 Å². The quantitative estimate of drug-likeness (QED) is 0.604. The van der Waals surface area contributed by atoms with Crippen molar-refractivity contribution in [3.8, 4) is 0 Å². The summed E-state index contributed by atoms with van der Waals surface area (Å²) < 4.78 is 6.81. The van der Waals surface area contributed by atoms with Gasteiger partial charge in [-0.1, -0.05) is 11.8 Å². The van der Waals surface area contributed by atoms with Gasteiger partial charge in [-0.15, -0.1) is 10.2 Å². The lowest BCUT2D eigenvalue weighted by Gasteiger charge is -2.26. The molecule has 2 N–H and O–H groups in total. The summed E-state index contributed by atoms with van der Waals surface area (Å²) >= 11 is 1.38. The molecule has 9 heteroatoms. The summed E-state index contributed by atoms with van der Waals surface area (Å²) in [4.78, 5) is 23.6. The number of hydrogen-bond donors (Lipinski definition) is 2. The molecule has 2 amide bonds. The largest absolute Gasteiger partial charge is 0.463 e. The van der Waals surface area contributed by atoms with Crippen molar-refractivity contribution in [1.29, 1.82) is 0 Å². The molecule has 1 aromatic rings. The zero-order chi connectivity index (χ0) is 15.4. The number of carbonyl (C=O) groups excluding carboxylic acids is 2. The molecule has 1 aliphatic heterocycles. The van der Waals surface area contributed by atoms with Crippen LogP contribution in [0.15, 0.2) is 22.8 Å². The molecule has 8 nitrogen and oxygen atoms in total. The maximum Gasteiger partial charge on any atom is 0.337 e. The van der Waals surface area contributed by atoms with Crippen molar-refractivity contribution in [3.05, 3.63) is 17.6 Å². The highest BCUT2D eigenvalue weighted by atomic mass is 32.2. The third-order valence-electron chi connectivity index (χ3n) is 2.88. The number of esters is 1. The molecule has 114 valence electrons. The standard InChI is InChI=1S/C12H17N5O3S/c1-4-20-10(18)9-7(2)14-11(19)15-8(9)5-21-12-16-13-6-17(12)3/h6-7H,4-5H2,1-3H3,(H2,14,15,19). The van der Waals surface area contributed by atoms with Crippen LogP contribution in [0.2, 0.25) is 0 Å². The third kappa shape index (κ3) is 3.54. The molecular formula is C12H17N5O3S. The summed E-state index contributed by atoms with van der Waals surface area (Å²) in [6, 6.07) is -0.725. The maximum atomic E-state index is 12.0. The fourth-order valence-corrected chi connectivity index (χ4v) is 2.79. The molecule has 1 aromatic heterocycles. The number of aryl methyl sites for hydroxylation is 1. The predicted molar refractivity (Wildman–Crippen MR) is 76.5 cm³/mol. The Balaban J connectivity index is 2.20. The molecule has 0 aliphatic carbocycles. The van der Waals surface area contributed by atoms with Crippen LogP contribution in [0.5, 0.6) is 0 Å². The SMILES string of the molecule is CCOC(=O)C1=C(CSc2nncn2C)NC(=O)NC1C. The van der Waals surface area contributed by atoms with E-state index in [1.165, 1.54) is 11.8 Å². The third-order valence-corrected chi connectivity index (χ3v) is 3.94. The number of ether oxygens (including phenoxy) is 1. The Labute approximate surface area is 126 Å². The van der Waals surface area contributed by atoms with E-state index in [9.17, 15) is 9.59 Å². The van der Waals surface area contributed by atoms with Crippen molar-refractivity contribution in [2.45, 2.75) is 25.0 Å². The Kier molecular flexibility index (Phi) is 4.84. The van der Waals surface area contributed by atoms with Crippen molar-refractivity contribution >= 4 is 23.8 Å². The summed E-state index contributed by atoms with van der Waals surface area (Å²) in [5.74, 6) is -0.0237. The lowest BCUT2D eigenvalue weighted by Crippen LogP contribution is -2.49. The number of amides is 2. The maximum absolute atomic E-state index is 12.0. The van der Waals surface area contributed by atoms with Gasteiger partial charge in [0.25, 0.3) is 0 Å². The minimum absolute atomic E-state index is 0.284. The van der Waals surface area contributed by atoms with E-state index in [0.29, 0.717) is 22.2 Å². The minimum atomic E-state index is -0.425. The van der Waals surface area contributed by atoms with Crippen molar-refractivity contribution in [2.75, 3.05) is 12.4 Å².